The predicted molar refractivity (Wildman–Crippen MR) is 65.9 cm³/mol. The Morgan fingerprint density at radius 1 is 1.20 bits per heavy atom. The summed E-state index contributed by atoms with van der Waals surface area (Å²) in [6.07, 6.45) is -3.17. The summed E-state index contributed by atoms with van der Waals surface area (Å²) in [6.45, 7) is 0.495. The second-order valence-electron chi connectivity index (χ2n) is 4.33. The van der Waals surface area contributed by atoms with Gasteiger partial charge in [-0.15, -0.1) is 0 Å². The van der Waals surface area contributed by atoms with Crippen LogP contribution in [0.3, 0.4) is 0 Å². The normalized spacial score (nSPS) is 11.8. The largest absolute Gasteiger partial charge is 0.416 e. The molecule has 0 saturated carbocycles. The Hall–Kier alpha value is -1.89. The van der Waals surface area contributed by atoms with Crippen LogP contribution in [0.4, 0.5) is 13.2 Å². The minimum atomic E-state index is -4.39. The molecule has 0 radical (unpaired) electrons. The Bertz CT molecular complexity index is 566. The molecule has 0 bridgehead atoms. The molecule has 0 aliphatic heterocycles. The molecule has 0 atom stereocenters. The molecule has 1 aromatic carbocycles. The molecular formula is C13H14F3N3O. The number of alkyl halides is 3. The van der Waals surface area contributed by atoms with Crippen molar-refractivity contribution in [2.45, 2.75) is 25.4 Å². The van der Waals surface area contributed by atoms with Crippen LogP contribution in [0.15, 0.2) is 28.8 Å². The summed E-state index contributed by atoms with van der Waals surface area (Å²) in [7, 11) is 0. The summed E-state index contributed by atoms with van der Waals surface area (Å²) in [6, 6.07) is 5.37. The smallest absolute Gasteiger partial charge is 0.339 e. The molecule has 0 saturated heterocycles. The molecule has 1 heterocycles. The minimum absolute atomic E-state index is 0.0121. The van der Waals surface area contributed by atoms with Gasteiger partial charge >= 0.3 is 6.18 Å². The first-order valence-corrected chi connectivity index (χ1v) is 6.17. The fourth-order valence-corrected chi connectivity index (χ4v) is 1.84. The molecular weight excluding hydrogens is 271 g/mol. The van der Waals surface area contributed by atoms with Crippen LogP contribution >= 0.6 is 0 Å². The van der Waals surface area contributed by atoms with Crippen molar-refractivity contribution in [2.75, 3.05) is 6.54 Å². The molecule has 108 valence electrons. The molecule has 0 fully saturated rings. The predicted octanol–water partition coefficient (Wildman–Crippen LogP) is 2.57. The van der Waals surface area contributed by atoms with Crippen molar-refractivity contribution in [3.63, 3.8) is 0 Å². The van der Waals surface area contributed by atoms with Crippen LogP contribution in [0.25, 0.3) is 0 Å². The number of nitrogens with zero attached hydrogens (tertiary/aromatic N) is 2. The molecule has 2 aromatic rings. The number of hydrogen-bond donors (Lipinski definition) is 1. The van der Waals surface area contributed by atoms with E-state index in [9.17, 15) is 13.2 Å². The van der Waals surface area contributed by atoms with E-state index in [0.29, 0.717) is 25.3 Å². The molecule has 0 unspecified atom stereocenters. The highest BCUT2D eigenvalue weighted by atomic mass is 19.4. The number of hydrogen-bond acceptors (Lipinski definition) is 4. The molecule has 0 spiro atoms. The third-order valence-corrected chi connectivity index (χ3v) is 2.78. The summed E-state index contributed by atoms with van der Waals surface area (Å²) in [5.74, 6) is 0.642. The average molecular weight is 285 g/mol. The van der Waals surface area contributed by atoms with Gasteiger partial charge in [-0.25, -0.2) is 0 Å². The Labute approximate surface area is 113 Å². The highest BCUT2D eigenvalue weighted by molar-refractivity contribution is 5.31. The summed E-state index contributed by atoms with van der Waals surface area (Å²) < 4.78 is 43.5. The highest BCUT2D eigenvalue weighted by Gasteiger charge is 2.33. The van der Waals surface area contributed by atoms with Gasteiger partial charge in [0.1, 0.15) is 0 Å². The summed E-state index contributed by atoms with van der Waals surface area (Å²) in [5.41, 5.74) is 4.82. The summed E-state index contributed by atoms with van der Waals surface area (Å²) >= 11 is 0. The summed E-state index contributed by atoms with van der Waals surface area (Å²) in [5, 5.41) is 3.69. The Balaban J connectivity index is 2.16. The number of nitrogens with two attached hydrogens (primary N) is 1. The molecule has 20 heavy (non-hydrogen) atoms. The van der Waals surface area contributed by atoms with Gasteiger partial charge in [0.2, 0.25) is 5.89 Å². The van der Waals surface area contributed by atoms with E-state index in [4.69, 9.17) is 10.3 Å². The number of aromatic nitrogens is 2. The van der Waals surface area contributed by atoms with Crippen LogP contribution in [0, 0.1) is 0 Å². The van der Waals surface area contributed by atoms with Gasteiger partial charge in [-0.05, 0) is 24.6 Å². The van der Waals surface area contributed by atoms with E-state index in [2.05, 4.69) is 10.1 Å². The van der Waals surface area contributed by atoms with E-state index in [-0.39, 0.29) is 17.8 Å². The van der Waals surface area contributed by atoms with Crippen molar-refractivity contribution < 1.29 is 17.7 Å². The van der Waals surface area contributed by atoms with Gasteiger partial charge in [0.25, 0.3) is 0 Å². The molecule has 2 rings (SSSR count). The van der Waals surface area contributed by atoms with Crippen LogP contribution in [0.5, 0.6) is 0 Å². The molecule has 0 aliphatic carbocycles. The Morgan fingerprint density at radius 2 is 1.95 bits per heavy atom. The Morgan fingerprint density at radius 3 is 2.65 bits per heavy atom. The zero-order valence-corrected chi connectivity index (χ0v) is 10.7. The second-order valence-corrected chi connectivity index (χ2v) is 4.33. The maximum Gasteiger partial charge on any atom is 0.416 e. The lowest BCUT2D eigenvalue weighted by molar-refractivity contribution is -0.138. The van der Waals surface area contributed by atoms with Gasteiger partial charge in [-0.2, -0.15) is 18.2 Å². The SMILES string of the molecule is NCCCc1nc(Cc2ccccc2C(F)(F)F)no1. The van der Waals surface area contributed by atoms with Crippen molar-refractivity contribution in [3.8, 4) is 0 Å². The summed E-state index contributed by atoms with van der Waals surface area (Å²) in [4.78, 5) is 4.07. The third kappa shape index (κ3) is 3.57. The first-order valence-electron chi connectivity index (χ1n) is 6.17. The standard InChI is InChI=1S/C13H14F3N3O/c14-13(15,16)10-5-2-1-4-9(10)8-11-18-12(20-19-11)6-3-7-17/h1-2,4-5H,3,6-8,17H2. The fraction of sp³-hybridized carbons (Fsp3) is 0.385. The molecule has 2 N–H and O–H groups in total. The first kappa shape index (κ1) is 14.5. The molecule has 0 amide bonds. The fourth-order valence-electron chi connectivity index (χ4n) is 1.84. The van der Waals surface area contributed by atoms with Crippen molar-refractivity contribution in [2.24, 2.45) is 5.73 Å². The number of rotatable bonds is 5. The monoisotopic (exact) mass is 285 g/mol. The maximum absolute atomic E-state index is 12.8. The van der Waals surface area contributed by atoms with E-state index in [1.165, 1.54) is 12.1 Å². The van der Waals surface area contributed by atoms with E-state index in [1.807, 2.05) is 0 Å². The van der Waals surface area contributed by atoms with Gasteiger partial charge in [0, 0.05) is 12.8 Å². The van der Waals surface area contributed by atoms with E-state index in [1.54, 1.807) is 6.07 Å². The maximum atomic E-state index is 12.8. The van der Waals surface area contributed by atoms with E-state index in [0.717, 1.165) is 6.07 Å². The van der Waals surface area contributed by atoms with Crippen LogP contribution in [-0.4, -0.2) is 16.7 Å². The van der Waals surface area contributed by atoms with Crippen molar-refractivity contribution in [1.82, 2.24) is 10.1 Å². The van der Waals surface area contributed by atoms with Gasteiger partial charge in [-0.3, -0.25) is 0 Å². The van der Waals surface area contributed by atoms with E-state index < -0.39 is 11.7 Å². The van der Waals surface area contributed by atoms with Gasteiger partial charge < -0.3 is 10.3 Å². The molecule has 1 aromatic heterocycles. The van der Waals surface area contributed by atoms with Gasteiger partial charge in [0.15, 0.2) is 5.82 Å². The van der Waals surface area contributed by atoms with Gasteiger partial charge in [0.05, 0.1) is 5.56 Å². The molecule has 7 heteroatoms. The second kappa shape index (κ2) is 6.04. The number of benzene rings is 1. The lowest BCUT2D eigenvalue weighted by atomic mass is 10.0. The van der Waals surface area contributed by atoms with Crippen LogP contribution in [0.2, 0.25) is 0 Å². The topological polar surface area (TPSA) is 64.9 Å². The zero-order chi connectivity index (χ0) is 14.6. The Kier molecular flexibility index (Phi) is 4.39. The quantitative estimate of drug-likeness (QED) is 0.917. The van der Waals surface area contributed by atoms with Gasteiger partial charge in [-0.1, -0.05) is 23.4 Å². The van der Waals surface area contributed by atoms with E-state index >= 15 is 0 Å². The zero-order valence-electron chi connectivity index (χ0n) is 10.7. The van der Waals surface area contributed by atoms with Crippen molar-refractivity contribution in [1.29, 1.82) is 0 Å². The van der Waals surface area contributed by atoms with Crippen molar-refractivity contribution in [3.05, 3.63) is 47.1 Å². The van der Waals surface area contributed by atoms with Crippen LogP contribution < -0.4 is 5.73 Å². The van der Waals surface area contributed by atoms with Crippen LogP contribution in [-0.2, 0) is 19.0 Å². The average Bonchev–Trinajstić information content (AvgIpc) is 2.83. The molecule has 4 nitrogen and oxygen atoms in total. The number of aryl methyl sites for hydroxylation is 1. The third-order valence-electron chi connectivity index (χ3n) is 2.78. The lowest BCUT2D eigenvalue weighted by Gasteiger charge is -2.10. The molecule has 0 aliphatic rings. The van der Waals surface area contributed by atoms with Crippen LogP contribution in [0.1, 0.15) is 29.3 Å². The first-order chi connectivity index (χ1) is 9.50. The highest BCUT2D eigenvalue weighted by Crippen LogP contribution is 2.32. The minimum Gasteiger partial charge on any atom is -0.339 e. The van der Waals surface area contributed by atoms with Crippen molar-refractivity contribution >= 4 is 0 Å². The number of halogens is 3. The lowest BCUT2D eigenvalue weighted by Crippen LogP contribution is -2.09.